The predicted molar refractivity (Wildman–Crippen MR) is 414 cm³/mol. The first-order chi connectivity index (χ1) is 34.3. The molecule has 0 heterocycles. The number of rotatable bonds is 16. The lowest BCUT2D eigenvalue weighted by molar-refractivity contribution is 0.852. The highest BCUT2D eigenvalue weighted by Crippen LogP contribution is 2.42. The van der Waals surface area contributed by atoms with Gasteiger partial charge in [-0.15, -0.1) is 0 Å². The molecule has 1 aliphatic rings. The van der Waals surface area contributed by atoms with Gasteiger partial charge in [-0.3, -0.25) is 0 Å². The molecule has 4 rings (SSSR count). The molecule has 13 heteroatoms. The van der Waals surface area contributed by atoms with E-state index in [-0.39, 0.29) is 0 Å². The third kappa shape index (κ3) is 12.7. The number of hydrogen-bond acceptors (Lipinski definition) is 0. The van der Waals surface area contributed by atoms with Gasteiger partial charge in [-0.2, -0.15) is 0 Å². The van der Waals surface area contributed by atoms with Gasteiger partial charge in [-0.25, -0.2) is 0 Å². The van der Waals surface area contributed by atoms with Gasteiger partial charge in [-0.1, -0.05) is 338 Å². The molecule has 0 bridgehead atoms. The summed E-state index contributed by atoms with van der Waals surface area (Å²) in [5.41, 5.74) is 10.3. The van der Waals surface area contributed by atoms with Crippen molar-refractivity contribution in [2.45, 2.75) is 284 Å². The highest BCUT2D eigenvalue weighted by atomic mass is 28.4. The van der Waals surface area contributed by atoms with Crippen LogP contribution in [0.1, 0.15) is 44.4 Å². The second-order valence-electron chi connectivity index (χ2n) is 38.3. The van der Waals surface area contributed by atoms with Gasteiger partial charge in [0.1, 0.15) is 0 Å². The van der Waals surface area contributed by atoms with Gasteiger partial charge in [0.2, 0.25) is 0 Å². The normalized spacial score (nSPS) is 16.8. The maximum atomic E-state index is 2.87. The summed E-state index contributed by atoms with van der Waals surface area (Å²) in [5, 5.41) is 31.3. The molecule has 79 heavy (non-hydrogen) atoms. The molecule has 446 valence electrons. The van der Waals surface area contributed by atoms with Crippen LogP contribution in [0.2, 0.25) is 236 Å². The SMILES string of the molecule is CC1=C(C)C(C)C([Si](c2c([Si](C)(C)C)c(C)c([Si](C)(C)C)c([Si](C)(C)C)c2[Si](C)(C)C)(c2c([Si](C)(C)C)c(C)c([Si](C)(C)C)c([Si](C)(C)C)c2[Si](C)(C)C)c2c([Si](C)(C)C)c(C)c([Si](C)(C)C)c([Si](C)(C)C)c2[Si](C)(C)C)=C1C. The second-order valence-corrected chi connectivity index (χ2v) is 102. The number of hydrogen-bond donors (Lipinski definition) is 0. The fourth-order valence-electron chi connectivity index (χ4n) is 16.6. The van der Waals surface area contributed by atoms with Gasteiger partial charge in [-0.05, 0) is 68.6 Å². The van der Waals surface area contributed by atoms with Crippen LogP contribution in [0.5, 0.6) is 0 Å². The van der Waals surface area contributed by atoms with Crippen molar-refractivity contribution in [2.24, 2.45) is 5.92 Å². The molecule has 1 atom stereocenters. The van der Waals surface area contributed by atoms with E-state index in [0.29, 0.717) is 5.92 Å². The van der Waals surface area contributed by atoms with Crippen molar-refractivity contribution < 1.29 is 0 Å². The van der Waals surface area contributed by atoms with Gasteiger partial charge in [0.15, 0.2) is 8.07 Å². The molecule has 0 saturated heterocycles. The zero-order chi connectivity index (χ0) is 62.8. The molecule has 0 fully saturated rings. The first-order valence-corrected chi connectivity index (χ1v) is 75.4. The van der Waals surface area contributed by atoms with Crippen LogP contribution >= 0.6 is 0 Å². The van der Waals surface area contributed by atoms with Gasteiger partial charge in [0, 0.05) is 0 Å². The van der Waals surface area contributed by atoms with E-state index in [1.54, 1.807) is 33.4 Å². The van der Waals surface area contributed by atoms with E-state index in [2.05, 4.69) is 284 Å². The van der Waals surface area contributed by atoms with E-state index in [1.807, 2.05) is 83.0 Å². The summed E-state index contributed by atoms with van der Waals surface area (Å²) in [4.78, 5) is 0. The summed E-state index contributed by atoms with van der Waals surface area (Å²) in [7, 11) is -29.4. The summed E-state index contributed by atoms with van der Waals surface area (Å²) >= 11 is 0. The molecule has 0 spiro atoms. The minimum absolute atomic E-state index is 0.343. The van der Waals surface area contributed by atoms with E-state index in [9.17, 15) is 0 Å². The maximum absolute atomic E-state index is 3.64. The standard InChI is InChI=1S/C66H130Si13/c1-44-45(2)47(4)51(46(44)3)79(64-55(70(17,18)19)48(5)52(67(8,9)10)58(73(26,27)28)61(64)76(35,36)37,65-56(71(20,21)22)49(6)53(68(11,12)13)59(74(29,30)31)62(65)77(38,39)40)66-57(72(23,24)25)50(7)54(69(14,15)16)60(75(32,33)34)63(66)78(41,42)43/h46H,1-43H3. The number of benzene rings is 3. The first-order valence-electron chi connectivity index (χ1n) is 31.4. The Morgan fingerprint density at radius 2 is 0.329 bits per heavy atom. The quantitative estimate of drug-likeness (QED) is 0.0990. The van der Waals surface area contributed by atoms with Crippen LogP contribution in [0.4, 0.5) is 0 Å². The van der Waals surface area contributed by atoms with Crippen LogP contribution in [-0.2, 0) is 0 Å². The van der Waals surface area contributed by atoms with Gasteiger partial charge >= 0.3 is 0 Å². The predicted octanol–water partition coefficient (Wildman–Crippen LogP) is 12.5. The van der Waals surface area contributed by atoms with Crippen molar-refractivity contribution in [3.8, 4) is 0 Å². The van der Waals surface area contributed by atoms with Crippen molar-refractivity contribution in [1.29, 1.82) is 0 Å². The molecular formula is C66H130Si13. The van der Waals surface area contributed by atoms with Crippen molar-refractivity contribution in [1.82, 2.24) is 0 Å². The second kappa shape index (κ2) is 21.4. The molecule has 3 aromatic carbocycles. The van der Waals surface area contributed by atoms with E-state index in [4.69, 9.17) is 0 Å². The molecule has 0 nitrogen and oxygen atoms in total. The van der Waals surface area contributed by atoms with Crippen LogP contribution in [-0.4, -0.2) is 105 Å². The monoisotopic (exact) mass is 1290 g/mol. The molecule has 0 amide bonds. The largest absolute Gasteiger partial charge is 0.175 e. The Morgan fingerprint density at radius 1 is 0.190 bits per heavy atom. The molecular weight excluding hydrogens is 1160 g/mol. The molecule has 0 N–H and O–H groups in total. The summed E-state index contributed by atoms with van der Waals surface area (Å²) < 4.78 is 0. The van der Waals surface area contributed by atoms with Crippen molar-refractivity contribution >= 4 is 183 Å². The average molecular weight is 1290 g/mol. The third-order valence-electron chi connectivity index (χ3n) is 18.4. The van der Waals surface area contributed by atoms with E-state index in [1.165, 1.54) is 0 Å². The fourth-order valence-corrected chi connectivity index (χ4v) is 71.5. The van der Waals surface area contributed by atoms with Gasteiger partial charge < -0.3 is 0 Å². The van der Waals surface area contributed by atoms with Crippen LogP contribution in [0.15, 0.2) is 21.9 Å². The summed E-state index contributed by atoms with van der Waals surface area (Å²) in [5.74, 6) is 0.343. The van der Waals surface area contributed by atoms with Crippen LogP contribution < -0.4 is 77.8 Å². The molecule has 0 aliphatic heterocycles. The minimum Gasteiger partial charge on any atom is -0.0656 e. The van der Waals surface area contributed by atoms with Gasteiger partial charge in [0.05, 0.1) is 96.9 Å². The first kappa shape index (κ1) is 71.4. The van der Waals surface area contributed by atoms with Crippen molar-refractivity contribution in [3.63, 3.8) is 0 Å². The molecule has 0 aromatic heterocycles. The summed E-state index contributed by atoms with van der Waals surface area (Å²) in [6.45, 7) is 121. The molecule has 3 aromatic rings. The molecule has 0 radical (unpaired) electrons. The van der Waals surface area contributed by atoms with E-state index in [0.717, 1.165) is 0 Å². The Bertz CT molecular complexity index is 2700. The third-order valence-corrected chi connectivity index (χ3v) is 51.5. The Hall–Kier alpha value is -0.0405. The van der Waals surface area contributed by atoms with E-state index >= 15 is 0 Å². The lowest BCUT2D eigenvalue weighted by Crippen LogP contribution is -2.95. The molecule has 1 aliphatic carbocycles. The van der Waals surface area contributed by atoms with Crippen molar-refractivity contribution in [3.05, 3.63) is 38.6 Å². The summed E-state index contributed by atoms with van der Waals surface area (Å²) in [6.07, 6.45) is 0. The number of allylic oxidation sites excluding steroid dienone is 4. The lowest BCUT2D eigenvalue weighted by Gasteiger charge is -2.55. The summed E-state index contributed by atoms with van der Waals surface area (Å²) in [6, 6.07) is 0. The fraction of sp³-hybridized carbons (Fsp3) is 0.667. The van der Waals surface area contributed by atoms with Crippen LogP contribution in [0, 0.1) is 26.7 Å². The lowest BCUT2D eigenvalue weighted by atomic mass is 10.1. The smallest absolute Gasteiger partial charge is 0.0656 e. The molecule has 0 saturated carbocycles. The Labute approximate surface area is 507 Å². The maximum Gasteiger partial charge on any atom is 0.175 e. The zero-order valence-corrected chi connectivity index (χ0v) is 74.1. The highest BCUT2D eigenvalue weighted by Gasteiger charge is 2.61. The van der Waals surface area contributed by atoms with Crippen LogP contribution in [0.25, 0.3) is 0 Å². The highest BCUT2D eigenvalue weighted by molar-refractivity contribution is 7.30. The zero-order valence-electron chi connectivity index (χ0n) is 61.1. The van der Waals surface area contributed by atoms with Crippen LogP contribution in [0.3, 0.4) is 0 Å². The van der Waals surface area contributed by atoms with Gasteiger partial charge in [0.25, 0.3) is 0 Å². The Balaban J connectivity index is 3.40. The topological polar surface area (TPSA) is 0 Å². The van der Waals surface area contributed by atoms with Crippen molar-refractivity contribution in [2.75, 3.05) is 0 Å². The Kier molecular flexibility index (Phi) is 19.3. The molecule has 1 unspecified atom stereocenters. The average Bonchev–Trinajstić information content (AvgIpc) is 3.33. The van der Waals surface area contributed by atoms with E-state index < -0.39 is 105 Å². The minimum atomic E-state index is -3.64. The Morgan fingerprint density at radius 3 is 0.456 bits per heavy atom.